The summed E-state index contributed by atoms with van der Waals surface area (Å²) in [7, 11) is 1.61. The minimum absolute atomic E-state index is 0.409. The Balaban J connectivity index is 2.42. The first-order valence-corrected chi connectivity index (χ1v) is 6.18. The fraction of sp³-hybridized carbons (Fsp3) is 0.286. The van der Waals surface area contributed by atoms with Gasteiger partial charge in [0.05, 0.1) is 0 Å². The van der Waals surface area contributed by atoms with E-state index in [1.807, 2.05) is 18.2 Å². The Morgan fingerprint density at radius 3 is 2.68 bits per heavy atom. The van der Waals surface area contributed by atoms with E-state index in [-0.39, 0.29) is 0 Å². The molecule has 0 unspecified atom stereocenters. The number of aryl methyl sites for hydroxylation is 2. The Hall–Kier alpha value is -2.30. The van der Waals surface area contributed by atoms with E-state index in [0.717, 1.165) is 12.1 Å². The fourth-order valence-corrected chi connectivity index (χ4v) is 1.95. The molecular formula is C14H17N3O2. The van der Waals surface area contributed by atoms with Gasteiger partial charge in [0.1, 0.15) is 5.82 Å². The predicted molar refractivity (Wildman–Crippen MR) is 76.1 cm³/mol. The van der Waals surface area contributed by atoms with Gasteiger partial charge in [0.15, 0.2) is 0 Å². The summed E-state index contributed by atoms with van der Waals surface area (Å²) >= 11 is 0. The molecular weight excluding hydrogens is 242 g/mol. The Kier molecular flexibility index (Phi) is 3.55. The van der Waals surface area contributed by atoms with Crippen LogP contribution in [-0.2, 0) is 13.5 Å². The van der Waals surface area contributed by atoms with Crippen molar-refractivity contribution in [2.24, 2.45) is 7.05 Å². The third-order valence-electron chi connectivity index (χ3n) is 3.17. The van der Waals surface area contributed by atoms with Crippen LogP contribution in [0.1, 0.15) is 18.1 Å². The molecule has 1 aromatic heterocycles. The SMILES string of the molecule is CCc1cc(Nc2cc(=O)[nH]c(=O)n2C)ccc1C. The number of hydrogen-bond donors (Lipinski definition) is 2. The zero-order valence-electron chi connectivity index (χ0n) is 11.3. The summed E-state index contributed by atoms with van der Waals surface area (Å²) in [6, 6.07) is 7.35. The maximum absolute atomic E-state index is 11.5. The quantitative estimate of drug-likeness (QED) is 0.881. The summed E-state index contributed by atoms with van der Waals surface area (Å²) in [6.45, 7) is 4.15. The molecule has 0 aliphatic rings. The molecule has 5 heteroatoms. The molecule has 0 saturated carbocycles. The highest BCUT2D eigenvalue weighted by atomic mass is 16.2. The van der Waals surface area contributed by atoms with Crippen LogP contribution in [0, 0.1) is 6.92 Å². The maximum atomic E-state index is 11.5. The van der Waals surface area contributed by atoms with Crippen LogP contribution in [0.2, 0.25) is 0 Å². The minimum Gasteiger partial charge on any atom is -0.341 e. The molecule has 0 atom stereocenters. The van der Waals surface area contributed by atoms with Crippen molar-refractivity contribution in [2.75, 3.05) is 5.32 Å². The van der Waals surface area contributed by atoms with Crippen molar-refractivity contribution in [1.29, 1.82) is 0 Å². The van der Waals surface area contributed by atoms with E-state index in [2.05, 4.69) is 24.1 Å². The number of rotatable bonds is 3. The summed E-state index contributed by atoms with van der Waals surface area (Å²) in [5, 5.41) is 3.10. The highest BCUT2D eigenvalue weighted by Gasteiger charge is 2.04. The lowest BCUT2D eigenvalue weighted by atomic mass is 10.1. The lowest BCUT2D eigenvalue weighted by Gasteiger charge is -2.12. The van der Waals surface area contributed by atoms with Crippen molar-refractivity contribution < 1.29 is 0 Å². The standard InChI is InChI=1S/C14H17N3O2/c1-4-10-7-11(6-5-9(10)2)15-12-8-13(18)16-14(19)17(12)3/h5-8,15H,4H2,1-3H3,(H,16,18,19). The second-order valence-electron chi connectivity index (χ2n) is 4.50. The summed E-state index contributed by atoms with van der Waals surface area (Å²) in [5.41, 5.74) is 2.49. The number of aromatic nitrogens is 2. The van der Waals surface area contributed by atoms with Gasteiger partial charge in [0.25, 0.3) is 5.56 Å². The van der Waals surface area contributed by atoms with Gasteiger partial charge >= 0.3 is 5.69 Å². The maximum Gasteiger partial charge on any atom is 0.329 e. The first kappa shape index (κ1) is 13.1. The van der Waals surface area contributed by atoms with Crippen molar-refractivity contribution in [3.63, 3.8) is 0 Å². The van der Waals surface area contributed by atoms with E-state index in [0.29, 0.717) is 5.82 Å². The van der Waals surface area contributed by atoms with Crippen molar-refractivity contribution in [3.05, 3.63) is 56.2 Å². The van der Waals surface area contributed by atoms with Gasteiger partial charge in [-0.1, -0.05) is 13.0 Å². The van der Waals surface area contributed by atoms with Gasteiger partial charge in [-0.3, -0.25) is 14.3 Å². The van der Waals surface area contributed by atoms with Crippen LogP contribution in [-0.4, -0.2) is 9.55 Å². The van der Waals surface area contributed by atoms with Crippen LogP contribution in [0.15, 0.2) is 33.9 Å². The Labute approximate surface area is 110 Å². The van der Waals surface area contributed by atoms with E-state index in [1.165, 1.54) is 21.8 Å². The predicted octanol–water partition coefficient (Wildman–Crippen LogP) is 1.69. The number of aromatic amines is 1. The molecule has 2 rings (SSSR count). The van der Waals surface area contributed by atoms with Crippen LogP contribution in [0.25, 0.3) is 0 Å². The Morgan fingerprint density at radius 2 is 2.00 bits per heavy atom. The highest BCUT2D eigenvalue weighted by molar-refractivity contribution is 5.58. The molecule has 0 saturated heterocycles. The largest absolute Gasteiger partial charge is 0.341 e. The zero-order chi connectivity index (χ0) is 14.0. The Morgan fingerprint density at radius 1 is 1.26 bits per heavy atom. The first-order valence-electron chi connectivity index (χ1n) is 6.18. The number of nitrogens with zero attached hydrogens (tertiary/aromatic N) is 1. The molecule has 2 N–H and O–H groups in total. The van der Waals surface area contributed by atoms with Gasteiger partial charge in [-0.25, -0.2) is 4.79 Å². The molecule has 2 aromatic rings. The van der Waals surface area contributed by atoms with Gasteiger partial charge in [0.2, 0.25) is 0 Å². The molecule has 100 valence electrons. The van der Waals surface area contributed by atoms with Crippen LogP contribution in [0.3, 0.4) is 0 Å². The smallest absolute Gasteiger partial charge is 0.329 e. The molecule has 1 heterocycles. The molecule has 0 bridgehead atoms. The van der Waals surface area contributed by atoms with E-state index >= 15 is 0 Å². The average molecular weight is 259 g/mol. The van der Waals surface area contributed by atoms with Gasteiger partial charge in [-0.2, -0.15) is 0 Å². The molecule has 1 aromatic carbocycles. The summed E-state index contributed by atoms with van der Waals surface area (Å²) in [5.74, 6) is 0.472. The Bertz CT molecular complexity index is 713. The summed E-state index contributed by atoms with van der Waals surface area (Å²) in [6.07, 6.45) is 0.940. The van der Waals surface area contributed by atoms with Gasteiger partial charge in [0, 0.05) is 18.8 Å². The van der Waals surface area contributed by atoms with Crippen molar-refractivity contribution >= 4 is 11.5 Å². The average Bonchev–Trinajstić information content (AvgIpc) is 2.37. The van der Waals surface area contributed by atoms with Gasteiger partial charge in [-0.15, -0.1) is 0 Å². The summed E-state index contributed by atoms with van der Waals surface area (Å²) < 4.78 is 1.37. The topological polar surface area (TPSA) is 66.9 Å². The molecule has 0 radical (unpaired) electrons. The molecule has 0 fully saturated rings. The lowest BCUT2D eigenvalue weighted by molar-refractivity contribution is 0.810. The number of benzene rings is 1. The van der Waals surface area contributed by atoms with E-state index in [1.54, 1.807) is 7.05 Å². The van der Waals surface area contributed by atoms with Crippen molar-refractivity contribution in [1.82, 2.24) is 9.55 Å². The molecule has 5 nitrogen and oxygen atoms in total. The van der Waals surface area contributed by atoms with Crippen molar-refractivity contribution in [2.45, 2.75) is 20.3 Å². The lowest BCUT2D eigenvalue weighted by Crippen LogP contribution is -2.29. The third kappa shape index (κ3) is 2.76. The molecule has 0 aliphatic heterocycles. The number of hydrogen-bond acceptors (Lipinski definition) is 3. The molecule has 0 spiro atoms. The van der Waals surface area contributed by atoms with E-state index in [4.69, 9.17) is 0 Å². The van der Waals surface area contributed by atoms with E-state index < -0.39 is 11.2 Å². The van der Waals surface area contributed by atoms with E-state index in [9.17, 15) is 9.59 Å². The van der Waals surface area contributed by atoms with Crippen LogP contribution in [0.5, 0.6) is 0 Å². The second kappa shape index (κ2) is 5.14. The van der Waals surface area contributed by atoms with Crippen LogP contribution < -0.4 is 16.6 Å². The van der Waals surface area contributed by atoms with Crippen LogP contribution in [0.4, 0.5) is 11.5 Å². The number of nitrogens with one attached hydrogen (secondary N) is 2. The van der Waals surface area contributed by atoms with Crippen molar-refractivity contribution in [3.8, 4) is 0 Å². The second-order valence-corrected chi connectivity index (χ2v) is 4.50. The number of anilines is 2. The highest BCUT2D eigenvalue weighted by Crippen LogP contribution is 2.18. The zero-order valence-corrected chi connectivity index (χ0v) is 11.3. The first-order chi connectivity index (χ1) is 9.01. The fourth-order valence-electron chi connectivity index (χ4n) is 1.95. The van der Waals surface area contributed by atoms with Gasteiger partial charge < -0.3 is 5.32 Å². The molecule has 0 aliphatic carbocycles. The van der Waals surface area contributed by atoms with Gasteiger partial charge in [-0.05, 0) is 36.6 Å². The summed E-state index contributed by atoms with van der Waals surface area (Å²) in [4.78, 5) is 25.0. The number of H-pyrrole nitrogens is 1. The third-order valence-corrected chi connectivity index (χ3v) is 3.17. The normalized spacial score (nSPS) is 10.5. The monoisotopic (exact) mass is 259 g/mol. The minimum atomic E-state index is -0.433. The van der Waals surface area contributed by atoms with Crippen LogP contribution >= 0.6 is 0 Å². The molecule has 19 heavy (non-hydrogen) atoms. The molecule has 0 amide bonds.